The normalized spacial score (nSPS) is 11.9. The molecule has 0 rings (SSSR count). The lowest BCUT2D eigenvalue weighted by Crippen LogP contribution is -2.30. The zero-order valence-corrected chi connectivity index (χ0v) is 42.2. The Morgan fingerprint density at radius 2 is 0.435 bits per heavy atom. The molecular weight excluding hydrogens is 769 g/mol. The van der Waals surface area contributed by atoms with E-state index in [2.05, 4.69) is 20.8 Å². The Balaban J connectivity index is 4.22. The van der Waals surface area contributed by atoms with Gasteiger partial charge >= 0.3 is 17.9 Å². The third-order valence-electron chi connectivity index (χ3n) is 12.9. The minimum atomic E-state index is -0.760. The van der Waals surface area contributed by atoms with Crippen LogP contribution in [0, 0.1) is 0 Å². The van der Waals surface area contributed by atoms with Gasteiger partial charge in [0.1, 0.15) is 13.2 Å². The molecule has 0 aliphatic heterocycles. The van der Waals surface area contributed by atoms with Gasteiger partial charge in [-0.15, -0.1) is 0 Å². The summed E-state index contributed by atoms with van der Waals surface area (Å²) in [6.07, 6.45) is 56.6. The fraction of sp³-hybridized carbons (Fsp3) is 0.946. The minimum Gasteiger partial charge on any atom is -0.462 e. The van der Waals surface area contributed by atoms with Crippen LogP contribution in [0.25, 0.3) is 0 Å². The van der Waals surface area contributed by atoms with Crippen LogP contribution < -0.4 is 0 Å². The molecule has 0 N–H and O–H groups in total. The zero-order chi connectivity index (χ0) is 45.1. The Morgan fingerprint density at radius 1 is 0.258 bits per heavy atom. The van der Waals surface area contributed by atoms with E-state index in [9.17, 15) is 14.4 Å². The van der Waals surface area contributed by atoms with Gasteiger partial charge in [0.25, 0.3) is 0 Å². The van der Waals surface area contributed by atoms with E-state index in [1.165, 1.54) is 225 Å². The Labute approximate surface area is 387 Å². The second-order valence-electron chi connectivity index (χ2n) is 19.2. The molecule has 1 unspecified atom stereocenters. The van der Waals surface area contributed by atoms with Crippen LogP contribution in [0.4, 0.5) is 0 Å². The molecule has 0 aromatic rings. The first-order valence-corrected chi connectivity index (χ1v) is 28.0. The molecule has 0 radical (unpaired) electrons. The molecule has 0 fully saturated rings. The highest BCUT2D eigenvalue weighted by molar-refractivity contribution is 5.71. The smallest absolute Gasteiger partial charge is 0.306 e. The van der Waals surface area contributed by atoms with Crippen LogP contribution in [0.3, 0.4) is 0 Å². The largest absolute Gasteiger partial charge is 0.462 e. The fourth-order valence-electron chi connectivity index (χ4n) is 8.62. The van der Waals surface area contributed by atoms with E-state index in [1.54, 1.807) is 0 Å². The van der Waals surface area contributed by atoms with Crippen LogP contribution in [0.1, 0.15) is 323 Å². The van der Waals surface area contributed by atoms with Crippen molar-refractivity contribution in [1.82, 2.24) is 0 Å². The first-order valence-electron chi connectivity index (χ1n) is 28.0. The van der Waals surface area contributed by atoms with Crippen molar-refractivity contribution in [3.63, 3.8) is 0 Å². The standard InChI is InChI=1S/C56H108O6/c1-4-7-10-13-16-19-22-24-25-26-27-28-29-30-32-34-37-40-43-46-49-55(58)61-52-53(51-60-54(57)48-45-42-39-36-33-21-18-15-12-9-6-3)62-56(59)50-47-44-41-38-35-31-23-20-17-14-11-8-5-2/h53H,4-52H2,1-3H3. The molecule has 368 valence electrons. The monoisotopic (exact) mass is 877 g/mol. The van der Waals surface area contributed by atoms with Crippen molar-refractivity contribution in [3.8, 4) is 0 Å². The van der Waals surface area contributed by atoms with Gasteiger partial charge in [-0.2, -0.15) is 0 Å². The number of hydrogen-bond donors (Lipinski definition) is 0. The molecule has 1 atom stereocenters. The van der Waals surface area contributed by atoms with Crippen molar-refractivity contribution in [1.29, 1.82) is 0 Å². The molecule has 0 saturated carbocycles. The first-order chi connectivity index (χ1) is 30.5. The van der Waals surface area contributed by atoms with Crippen LogP contribution in [-0.2, 0) is 28.6 Å². The quantitative estimate of drug-likeness (QED) is 0.0344. The predicted octanol–water partition coefficient (Wildman–Crippen LogP) is 18.4. The van der Waals surface area contributed by atoms with Crippen molar-refractivity contribution in [2.45, 2.75) is 329 Å². The Hall–Kier alpha value is -1.59. The number of rotatable bonds is 52. The maximum absolute atomic E-state index is 12.8. The van der Waals surface area contributed by atoms with Gasteiger partial charge in [-0.3, -0.25) is 14.4 Å². The third-order valence-corrected chi connectivity index (χ3v) is 12.9. The molecule has 0 aliphatic rings. The number of carbonyl (C=O) groups is 3. The van der Waals surface area contributed by atoms with Crippen molar-refractivity contribution in [2.24, 2.45) is 0 Å². The molecule has 0 heterocycles. The van der Waals surface area contributed by atoms with Gasteiger partial charge < -0.3 is 14.2 Å². The number of esters is 3. The zero-order valence-electron chi connectivity index (χ0n) is 42.2. The van der Waals surface area contributed by atoms with Crippen molar-refractivity contribution >= 4 is 17.9 Å². The molecule has 62 heavy (non-hydrogen) atoms. The van der Waals surface area contributed by atoms with Gasteiger partial charge in [0.2, 0.25) is 0 Å². The minimum absolute atomic E-state index is 0.0614. The summed E-state index contributed by atoms with van der Waals surface area (Å²) in [7, 11) is 0. The van der Waals surface area contributed by atoms with Crippen molar-refractivity contribution < 1.29 is 28.6 Å². The average Bonchev–Trinajstić information content (AvgIpc) is 3.27. The Kier molecular flexibility index (Phi) is 50.7. The van der Waals surface area contributed by atoms with E-state index in [-0.39, 0.29) is 31.1 Å². The lowest BCUT2D eigenvalue weighted by molar-refractivity contribution is -0.167. The van der Waals surface area contributed by atoms with Crippen LogP contribution in [-0.4, -0.2) is 37.2 Å². The second kappa shape index (κ2) is 52.0. The molecule has 6 nitrogen and oxygen atoms in total. The molecule has 0 aliphatic carbocycles. The highest BCUT2D eigenvalue weighted by Crippen LogP contribution is 2.17. The van der Waals surface area contributed by atoms with Crippen LogP contribution in [0.5, 0.6) is 0 Å². The number of ether oxygens (including phenoxy) is 3. The molecule has 0 amide bonds. The summed E-state index contributed by atoms with van der Waals surface area (Å²) in [6.45, 7) is 6.69. The predicted molar refractivity (Wildman–Crippen MR) is 266 cm³/mol. The van der Waals surface area contributed by atoms with Crippen LogP contribution >= 0.6 is 0 Å². The Bertz CT molecular complexity index is 920. The SMILES string of the molecule is CCCCCCCCCCCCCCCCCCCCCCC(=O)OCC(COC(=O)CCCCCCCCCCCCC)OC(=O)CCCCCCCCCCCCCCC. The maximum Gasteiger partial charge on any atom is 0.306 e. The van der Waals surface area contributed by atoms with E-state index in [0.29, 0.717) is 19.3 Å². The Morgan fingerprint density at radius 3 is 0.645 bits per heavy atom. The number of unbranched alkanes of at least 4 members (excludes halogenated alkanes) is 41. The molecule has 0 spiro atoms. The highest BCUT2D eigenvalue weighted by atomic mass is 16.6. The van der Waals surface area contributed by atoms with E-state index < -0.39 is 6.10 Å². The topological polar surface area (TPSA) is 78.9 Å². The van der Waals surface area contributed by atoms with E-state index in [0.717, 1.165) is 57.8 Å². The van der Waals surface area contributed by atoms with Crippen LogP contribution in [0.2, 0.25) is 0 Å². The van der Waals surface area contributed by atoms with Gasteiger partial charge in [-0.05, 0) is 19.3 Å². The number of carbonyl (C=O) groups excluding carboxylic acids is 3. The van der Waals surface area contributed by atoms with E-state index in [4.69, 9.17) is 14.2 Å². The van der Waals surface area contributed by atoms with Gasteiger partial charge in [0.15, 0.2) is 6.10 Å². The molecular formula is C56H108O6. The second-order valence-corrected chi connectivity index (χ2v) is 19.2. The summed E-state index contributed by atoms with van der Waals surface area (Å²) >= 11 is 0. The average molecular weight is 877 g/mol. The van der Waals surface area contributed by atoms with E-state index >= 15 is 0 Å². The molecule has 6 heteroatoms. The summed E-state index contributed by atoms with van der Waals surface area (Å²) in [4.78, 5) is 38.0. The molecule has 0 aromatic carbocycles. The van der Waals surface area contributed by atoms with Gasteiger partial charge in [-0.1, -0.05) is 284 Å². The molecule has 0 bridgehead atoms. The van der Waals surface area contributed by atoms with Gasteiger partial charge in [-0.25, -0.2) is 0 Å². The van der Waals surface area contributed by atoms with Crippen LogP contribution in [0.15, 0.2) is 0 Å². The van der Waals surface area contributed by atoms with Gasteiger partial charge in [0.05, 0.1) is 0 Å². The summed E-state index contributed by atoms with van der Waals surface area (Å²) < 4.78 is 16.8. The summed E-state index contributed by atoms with van der Waals surface area (Å²) in [6, 6.07) is 0. The highest BCUT2D eigenvalue weighted by Gasteiger charge is 2.19. The van der Waals surface area contributed by atoms with Gasteiger partial charge in [0, 0.05) is 19.3 Å². The lowest BCUT2D eigenvalue weighted by Gasteiger charge is -2.18. The number of hydrogen-bond acceptors (Lipinski definition) is 6. The molecule has 0 saturated heterocycles. The third kappa shape index (κ3) is 49.4. The summed E-state index contributed by atoms with van der Waals surface area (Å²) in [5.74, 6) is -0.837. The molecule has 0 aromatic heterocycles. The van der Waals surface area contributed by atoms with Crippen molar-refractivity contribution in [3.05, 3.63) is 0 Å². The maximum atomic E-state index is 12.8. The lowest BCUT2D eigenvalue weighted by atomic mass is 10.0. The first kappa shape index (κ1) is 60.4. The summed E-state index contributed by atoms with van der Waals surface area (Å²) in [5, 5.41) is 0. The van der Waals surface area contributed by atoms with Crippen molar-refractivity contribution in [2.75, 3.05) is 13.2 Å². The fourth-order valence-corrected chi connectivity index (χ4v) is 8.62. The summed E-state index contributed by atoms with van der Waals surface area (Å²) in [5.41, 5.74) is 0. The van der Waals surface area contributed by atoms with E-state index in [1.807, 2.05) is 0 Å².